The fourth-order valence-electron chi connectivity index (χ4n) is 2.28. The van der Waals surface area contributed by atoms with Gasteiger partial charge in [0.15, 0.2) is 9.84 Å². The monoisotopic (exact) mass is 262 g/mol. The van der Waals surface area contributed by atoms with Gasteiger partial charge in [-0.3, -0.25) is 4.90 Å². The highest BCUT2D eigenvalue weighted by molar-refractivity contribution is 7.91. The zero-order chi connectivity index (χ0) is 12.1. The number of sulfone groups is 1. The molecule has 0 aliphatic carbocycles. The minimum Gasteiger partial charge on any atom is -0.377 e. The first-order chi connectivity index (χ1) is 8.16. The zero-order valence-electron chi connectivity index (χ0n) is 10.2. The Balaban J connectivity index is 1.59. The van der Waals surface area contributed by atoms with Gasteiger partial charge < -0.3 is 10.1 Å². The van der Waals surface area contributed by atoms with E-state index in [0.717, 1.165) is 39.1 Å². The molecule has 0 amide bonds. The van der Waals surface area contributed by atoms with Crippen LogP contribution in [0.4, 0.5) is 0 Å². The molecule has 0 spiro atoms. The first kappa shape index (κ1) is 13.3. The maximum absolute atomic E-state index is 11.3. The molecule has 0 atom stereocenters. The van der Waals surface area contributed by atoms with Crippen LogP contribution in [0.2, 0.25) is 0 Å². The Kier molecular flexibility index (Phi) is 4.78. The molecule has 2 aliphatic rings. The molecule has 2 saturated heterocycles. The van der Waals surface area contributed by atoms with Crippen molar-refractivity contribution in [2.45, 2.75) is 18.9 Å². The van der Waals surface area contributed by atoms with Crippen LogP contribution in [-0.4, -0.2) is 70.3 Å². The van der Waals surface area contributed by atoms with Gasteiger partial charge in [-0.25, -0.2) is 8.42 Å². The smallest absolute Gasteiger partial charge is 0.152 e. The maximum atomic E-state index is 11.3. The van der Waals surface area contributed by atoms with E-state index in [2.05, 4.69) is 10.2 Å². The van der Waals surface area contributed by atoms with Crippen LogP contribution in [-0.2, 0) is 14.6 Å². The SMILES string of the molecule is O=S1(=O)CCN(CCOC2CCNCC2)CC1. The van der Waals surface area contributed by atoms with Crippen molar-refractivity contribution in [2.24, 2.45) is 0 Å². The molecule has 6 heteroatoms. The lowest BCUT2D eigenvalue weighted by Gasteiger charge is -2.28. The lowest BCUT2D eigenvalue weighted by molar-refractivity contribution is 0.0211. The van der Waals surface area contributed by atoms with Crippen LogP contribution in [0.15, 0.2) is 0 Å². The molecule has 2 aliphatic heterocycles. The summed E-state index contributed by atoms with van der Waals surface area (Å²) in [5.41, 5.74) is 0. The van der Waals surface area contributed by atoms with Gasteiger partial charge in [0.1, 0.15) is 0 Å². The molecule has 2 rings (SSSR count). The Morgan fingerprint density at radius 2 is 1.82 bits per heavy atom. The molecule has 17 heavy (non-hydrogen) atoms. The van der Waals surface area contributed by atoms with E-state index in [9.17, 15) is 8.42 Å². The highest BCUT2D eigenvalue weighted by Gasteiger charge is 2.21. The van der Waals surface area contributed by atoms with Crippen molar-refractivity contribution in [3.63, 3.8) is 0 Å². The standard InChI is InChI=1S/C11H22N2O3S/c14-17(15)9-6-13(7-10-17)5-8-16-11-1-3-12-4-2-11/h11-12H,1-10H2. The average molecular weight is 262 g/mol. The Labute approximate surface area is 103 Å². The Morgan fingerprint density at radius 3 is 2.47 bits per heavy atom. The summed E-state index contributed by atoms with van der Waals surface area (Å²) < 4.78 is 28.3. The highest BCUT2D eigenvalue weighted by atomic mass is 32.2. The third kappa shape index (κ3) is 4.54. The van der Waals surface area contributed by atoms with Gasteiger partial charge in [0.25, 0.3) is 0 Å². The summed E-state index contributed by atoms with van der Waals surface area (Å²) in [6.45, 7) is 5.01. The normalized spacial score (nSPS) is 27.1. The van der Waals surface area contributed by atoms with Crippen molar-refractivity contribution in [2.75, 3.05) is 50.8 Å². The fourth-order valence-corrected chi connectivity index (χ4v) is 3.56. The first-order valence-corrected chi connectivity index (χ1v) is 8.23. The summed E-state index contributed by atoms with van der Waals surface area (Å²) in [5.74, 6) is 0.612. The van der Waals surface area contributed by atoms with Gasteiger partial charge in [-0.05, 0) is 25.9 Å². The van der Waals surface area contributed by atoms with Crippen molar-refractivity contribution in [3.8, 4) is 0 Å². The molecule has 2 fully saturated rings. The summed E-state index contributed by atoms with van der Waals surface area (Å²) in [6.07, 6.45) is 2.58. The van der Waals surface area contributed by atoms with Gasteiger partial charge >= 0.3 is 0 Å². The number of hydrogen-bond donors (Lipinski definition) is 1. The number of hydrogen-bond acceptors (Lipinski definition) is 5. The van der Waals surface area contributed by atoms with Crippen LogP contribution in [0, 0.1) is 0 Å². The Hall–Kier alpha value is -0.170. The third-order valence-corrected chi connectivity index (χ3v) is 5.09. The lowest BCUT2D eigenvalue weighted by atomic mass is 10.1. The van der Waals surface area contributed by atoms with Gasteiger partial charge in [0, 0.05) is 19.6 Å². The largest absolute Gasteiger partial charge is 0.377 e. The number of rotatable bonds is 4. The molecule has 1 N–H and O–H groups in total. The van der Waals surface area contributed by atoms with Crippen molar-refractivity contribution in [1.29, 1.82) is 0 Å². The van der Waals surface area contributed by atoms with Crippen LogP contribution < -0.4 is 5.32 Å². The number of ether oxygens (including phenoxy) is 1. The summed E-state index contributed by atoms with van der Waals surface area (Å²) in [5, 5.41) is 3.31. The van der Waals surface area contributed by atoms with Crippen LogP contribution >= 0.6 is 0 Å². The van der Waals surface area contributed by atoms with Crippen LogP contribution in [0.1, 0.15) is 12.8 Å². The van der Waals surface area contributed by atoms with E-state index >= 15 is 0 Å². The minimum absolute atomic E-state index is 0.306. The van der Waals surface area contributed by atoms with E-state index in [1.54, 1.807) is 0 Å². The molecule has 0 radical (unpaired) electrons. The van der Waals surface area contributed by atoms with Crippen LogP contribution in [0.25, 0.3) is 0 Å². The zero-order valence-corrected chi connectivity index (χ0v) is 11.0. The third-order valence-electron chi connectivity index (χ3n) is 3.48. The van der Waals surface area contributed by atoms with E-state index in [4.69, 9.17) is 4.74 Å². The van der Waals surface area contributed by atoms with E-state index < -0.39 is 9.84 Å². The van der Waals surface area contributed by atoms with Crippen molar-refractivity contribution < 1.29 is 13.2 Å². The van der Waals surface area contributed by atoms with Gasteiger partial charge in [0.05, 0.1) is 24.2 Å². The summed E-state index contributed by atoms with van der Waals surface area (Å²) in [6, 6.07) is 0. The second-order valence-corrected chi connectivity index (χ2v) is 7.12. The first-order valence-electron chi connectivity index (χ1n) is 6.41. The molecular formula is C11H22N2O3S. The summed E-state index contributed by atoms with van der Waals surface area (Å²) in [4.78, 5) is 2.18. The fraction of sp³-hybridized carbons (Fsp3) is 1.00. The van der Waals surface area contributed by atoms with E-state index in [-0.39, 0.29) is 0 Å². The Morgan fingerprint density at radius 1 is 1.18 bits per heavy atom. The lowest BCUT2D eigenvalue weighted by Crippen LogP contribution is -2.42. The minimum atomic E-state index is -2.75. The molecular weight excluding hydrogens is 240 g/mol. The molecule has 5 nitrogen and oxygen atoms in total. The number of piperidine rings is 1. The van der Waals surface area contributed by atoms with Gasteiger partial charge in [-0.1, -0.05) is 0 Å². The van der Waals surface area contributed by atoms with Gasteiger partial charge in [-0.2, -0.15) is 0 Å². The predicted molar refractivity (Wildman–Crippen MR) is 66.9 cm³/mol. The topological polar surface area (TPSA) is 58.6 Å². The summed E-state index contributed by atoms with van der Waals surface area (Å²) in [7, 11) is -2.75. The Bertz CT molecular complexity index is 312. The van der Waals surface area contributed by atoms with Crippen LogP contribution in [0.3, 0.4) is 0 Å². The van der Waals surface area contributed by atoms with Crippen molar-refractivity contribution >= 4 is 9.84 Å². The molecule has 0 aromatic carbocycles. The summed E-state index contributed by atoms with van der Waals surface area (Å²) >= 11 is 0. The average Bonchev–Trinajstić information content (AvgIpc) is 2.33. The number of nitrogens with one attached hydrogen (secondary N) is 1. The molecule has 0 bridgehead atoms. The second kappa shape index (κ2) is 6.13. The molecule has 2 heterocycles. The molecule has 100 valence electrons. The van der Waals surface area contributed by atoms with Crippen molar-refractivity contribution in [3.05, 3.63) is 0 Å². The molecule has 0 unspecified atom stereocenters. The second-order valence-electron chi connectivity index (χ2n) is 4.81. The number of nitrogens with zero attached hydrogens (tertiary/aromatic N) is 1. The molecule has 0 aromatic heterocycles. The molecule has 0 saturated carbocycles. The van der Waals surface area contributed by atoms with E-state index in [1.807, 2.05) is 0 Å². The predicted octanol–water partition coefficient (Wildman–Crippen LogP) is -0.515. The van der Waals surface area contributed by atoms with Gasteiger partial charge in [0.2, 0.25) is 0 Å². The molecule has 0 aromatic rings. The van der Waals surface area contributed by atoms with Crippen LogP contribution in [0.5, 0.6) is 0 Å². The quantitative estimate of drug-likeness (QED) is 0.739. The van der Waals surface area contributed by atoms with Gasteiger partial charge in [-0.15, -0.1) is 0 Å². The van der Waals surface area contributed by atoms with E-state index in [0.29, 0.717) is 30.7 Å². The highest BCUT2D eigenvalue weighted by Crippen LogP contribution is 2.08. The van der Waals surface area contributed by atoms with Crippen molar-refractivity contribution in [1.82, 2.24) is 10.2 Å². The maximum Gasteiger partial charge on any atom is 0.152 e. The van der Waals surface area contributed by atoms with E-state index in [1.165, 1.54) is 0 Å².